The van der Waals surface area contributed by atoms with Crippen LogP contribution in [0.5, 0.6) is 0 Å². The minimum Gasteiger partial charge on any atom is -0.518 e. The predicted octanol–water partition coefficient (Wildman–Crippen LogP) is 2.19. The molecule has 0 aromatic carbocycles. The molecule has 0 N–H and O–H groups in total. The summed E-state index contributed by atoms with van der Waals surface area (Å²) in [5, 5.41) is 0. The van der Waals surface area contributed by atoms with Gasteiger partial charge in [0.05, 0.1) is 0 Å². The molecule has 1 radical (unpaired) electrons. The van der Waals surface area contributed by atoms with Crippen LogP contribution in [0.3, 0.4) is 0 Å². The average Bonchev–Trinajstić information content (AvgIpc) is 1.61. The maximum atomic E-state index is 5.04. The number of unbranched alkanes of at least 4 members (excludes halogenated alkanes) is 1. The van der Waals surface area contributed by atoms with Gasteiger partial charge in [-0.05, 0) is 6.42 Å². The maximum Gasteiger partial charge on any atom is 0 e. The van der Waals surface area contributed by atoms with Crippen molar-refractivity contribution >= 4 is 0 Å². The molecule has 0 rings (SSSR count). The largest absolute Gasteiger partial charge is 0.518 e. The summed E-state index contributed by atoms with van der Waals surface area (Å²) in [5.74, 6) is 0. The topological polar surface area (TPSA) is 0 Å². The summed E-state index contributed by atoms with van der Waals surface area (Å²) in [7, 11) is 0. The van der Waals surface area contributed by atoms with E-state index in [0.717, 1.165) is 12.8 Å². The van der Waals surface area contributed by atoms with Crippen LogP contribution in [0.1, 0.15) is 14.3 Å². The third-order valence-corrected chi connectivity index (χ3v) is 0.537. The van der Waals surface area contributed by atoms with Crippen LogP contribution in [0.4, 0.5) is 0 Å². The fourth-order valence-corrected chi connectivity index (χ4v) is 0.214. The van der Waals surface area contributed by atoms with Gasteiger partial charge < -0.3 is 6.58 Å². The van der Waals surface area contributed by atoms with Crippen LogP contribution in [0.25, 0.3) is 0 Å². The molecule has 0 bridgehead atoms. The van der Waals surface area contributed by atoms with Gasteiger partial charge in [0.15, 0.2) is 0 Å². The molecule has 39 valence electrons. The van der Waals surface area contributed by atoms with Gasteiger partial charge in [-0.3, -0.25) is 6.08 Å². The molecule has 0 amide bonds. The monoisotopic (exact) mass is 172 g/mol. The third-order valence-electron chi connectivity index (χ3n) is 0.537. The van der Waals surface area contributed by atoms with Crippen LogP contribution in [0.2, 0.25) is 0 Å². The molecule has 0 aromatic heterocycles. The van der Waals surface area contributed by atoms with Gasteiger partial charge in [0.1, 0.15) is 0 Å². The average molecular weight is 172 g/mol. The standard InChI is InChI=1S/C6H9.Y.H2/c1-3-5-6-4-2;;/h1,3-4H,2,5-6H2;;1H/q-1;;. The molecule has 0 aliphatic heterocycles. The molecule has 0 aliphatic rings. The van der Waals surface area contributed by atoms with Gasteiger partial charge in [0.25, 0.3) is 0 Å². The molecule has 0 heterocycles. The van der Waals surface area contributed by atoms with Crippen molar-refractivity contribution in [3.05, 3.63) is 25.3 Å². The van der Waals surface area contributed by atoms with E-state index in [4.69, 9.17) is 6.58 Å². The second-order valence-corrected chi connectivity index (χ2v) is 1.10. The molecule has 0 aromatic rings. The summed E-state index contributed by atoms with van der Waals surface area (Å²) in [6, 6.07) is 0. The fraction of sp³-hybridized carbons (Fsp3) is 0.333. The van der Waals surface area contributed by atoms with Gasteiger partial charge >= 0.3 is 0 Å². The van der Waals surface area contributed by atoms with E-state index < -0.39 is 0 Å². The minimum absolute atomic E-state index is 0. The van der Waals surface area contributed by atoms with E-state index in [0.29, 0.717) is 0 Å². The molecule has 0 saturated carbocycles. The van der Waals surface area contributed by atoms with E-state index in [1.165, 1.54) is 0 Å². The summed E-state index contributed by atoms with van der Waals surface area (Å²) in [6.45, 7) is 8.56. The smallest absolute Gasteiger partial charge is 0 e. The van der Waals surface area contributed by atoms with Crippen molar-refractivity contribution in [2.75, 3.05) is 0 Å². The molecule has 0 unspecified atom stereocenters. The Hall–Kier alpha value is 0.584. The summed E-state index contributed by atoms with van der Waals surface area (Å²) in [4.78, 5) is 0. The molecular formula is C6H11Y-. The van der Waals surface area contributed by atoms with Crippen molar-refractivity contribution < 1.29 is 34.1 Å². The molecule has 0 atom stereocenters. The van der Waals surface area contributed by atoms with E-state index in [1.807, 2.05) is 6.08 Å². The van der Waals surface area contributed by atoms with E-state index >= 15 is 0 Å². The zero-order valence-electron chi connectivity index (χ0n) is 4.43. The van der Waals surface area contributed by atoms with Gasteiger partial charge in [-0.1, -0.05) is 12.5 Å². The molecule has 0 aliphatic carbocycles. The number of hydrogen-bond donors (Lipinski definition) is 0. The van der Waals surface area contributed by atoms with Crippen molar-refractivity contribution in [2.24, 2.45) is 0 Å². The SMILES string of the molecule is [CH-]=CCCC=C.[HH].[Y]. The predicted molar refractivity (Wildman–Crippen MR) is 30.4 cm³/mol. The summed E-state index contributed by atoms with van der Waals surface area (Å²) >= 11 is 0. The summed E-state index contributed by atoms with van der Waals surface area (Å²) in [6.07, 6.45) is 5.44. The Bertz CT molecular complexity index is 44.5. The van der Waals surface area contributed by atoms with Gasteiger partial charge in [-0.15, -0.1) is 6.58 Å². The molecule has 0 nitrogen and oxygen atoms in total. The van der Waals surface area contributed by atoms with Crippen molar-refractivity contribution in [3.63, 3.8) is 0 Å². The Morgan fingerprint density at radius 2 is 2.14 bits per heavy atom. The second-order valence-electron chi connectivity index (χ2n) is 1.10. The first-order chi connectivity index (χ1) is 2.91. The van der Waals surface area contributed by atoms with Crippen LogP contribution in [-0.4, -0.2) is 0 Å². The van der Waals surface area contributed by atoms with Crippen molar-refractivity contribution in [1.82, 2.24) is 0 Å². The van der Waals surface area contributed by atoms with E-state index in [2.05, 4.69) is 6.58 Å². The molecule has 7 heavy (non-hydrogen) atoms. The Kier molecular flexibility index (Phi) is 14.7. The zero-order valence-corrected chi connectivity index (χ0v) is 7.27. The minimum atomic E-state index is 0. The third kappa shape index (κ3) is 10.8. The Morgan fingerprint density at radius 1 is 1.57 bits per heavy atom. The fourth-order valence-electron chi connectivity index (χ4n) is 0.214. The second kappa shape index (κ2) is 9.77. The first-order valence-corrected chi connectivity index (χ1v) is 2.06. The van der Waals surface area contributed by atoms with Gasteiger partial charge in [-0.2, -0.15) is 0 Å². The summed E-state index contributed by atoms with van der Waals surface area (Å²) in [5.41, 5.74) is 0. The molecule has 0 fully saturated rings. The maximum absolute atomic E-state index is 5.04. The Morgan fingerprint density at radius 3 is 2.29 bits per heavy atom. The van der Waals surface area contributed by atoms with Crippen molar-refractivity contribution in [1.29, 1.82) is 0 Å². The van der Waals surface area contributed by atoms with Crippen LogP contribution in [0.15, 0.2) is 18.7 Å². The van der Waals surface area contributed by atoms with E-state index in [9.17, 15) is 0 Å². The van der Waals surface area contributed by atoms with Crippen LogP contribution in [0, 0.1) is 6.58 Å². The molecule has 0 spiro atoms. The van der Waals surface area contributed by atoms with Crippen molar-refractivity contribution in [3.8, 4) is 0 Å². The number of allylic oxidation sites excluding steroid dienone is 2. The molecule has 0 saturated heterocycles. The number of hydrogen-bond acceptors (Lipinski definition) is 0. The first-order valence-electron chi connectivity index (χ1n) is 2.06. The Labute approximate surface area is 72.1 Å². The van der Waals surface area contributed by atoms with Crippen LogP contribution in [-0.2, 0) is 32.7 Å². The zero-order chi connectivity index (χ0) is 4.83. The van der Waals surface area contributed by atoms with Crippen LogP contribution < -0.4 is 0 Å². The first kappa shape index (κ1) is 10.5. The molecular weight excluding hydrogens is 161 g/mol. The quantitative estimate of drug-likeness (QED) is 0.347. The summed E-state index contributed by atoms with van der Waals surface area (Å²) < 4.78 is 0. The van der Waals surface area contributed by atoms with Gasteiger partial charge in [0, 0.05) is 34.1 Å². The molecule has 1 heteroatoms. The van der Waals surface area contributed by atoms with Gasteiger partial charge in [-0.25, -0.2) is 0 Å². The van der Waals surface area contributed by atoms with Gasteiger partial charge in [0.2, 0.25) is 0 Å². The van der Waals surface area contributed by atoms with Crippen molar-refractivity contribution in [2.45, 2.75) is 12.8 Å². The Balaban J connectivity index is -0.000000125. The van der Waals surface area contributed by atoms with Crippen LogP contribution >= 0.6 is 0 Å². The number of rotatable bonds is 3. The normalized spacial score (nSPS) is 6.29. The van der Waals surface area contributed by atoms with E-state index in [1.54, 1.807) is 6.08 Å². The van der Waals surface area contributed by atoms with E-state index in [-0.39, 0.29) is 34.1 Å².